The normalized spacial score (nSPS) is 17.8. The summed E-state index contributed by atoms with van der Waals surface area (Å²) in [4.78, 5) is 0.00603. The van der Waals surface area contributed by atoms with E-state index in [0.29, 0.717) is 52.2 Å². The van der Waals surface area contributed by atoms with E-state index >= 15 is 0 Å². The lowest BCUT2D eigenvalue weighted by Gasteiger charge is -2.36. The molecule has 11 aromatic carbocycles. The Morgan fingerprint density at radius 2 is 0.667 bits per heavy atom. The van der Waals surface area contributed by atoms with Crippen LogP contribution in [0.5, 0.6) is 34.5 Å². The molecule has 6 aliphatic rings. The molecule has 3 unspecified atom stereocenters. The molecule has 90 heavy (non-hydrogen) atoms. The topological polar surface area (TPSA) is 214 Å². The van der Waals surface area contributed by atoms with Crippen molar-refractivity contribution in [3.63, 3.8) is 0 Å². The van der Waals surface area contributed by atoms with Gasteiger partial charge in [0.1, 0.15) is 46.7 Å². The zero-order chi connectivity index (χ0) is 62.4. The van der Waals surface area contributed by atoms with Gasteiger partial charge in [-0.1, -0.05) is 91.0 Å². The van der Waals surface area contributed by atoms with Gasteiger partial charge in [0.25, 0.3) is 5.79 Å². The summed E-state index contributed by atoms with van der Waals surface area (Å²) in [5.74, 6) is -0.775. The number of phenols is 2. The fourth-order valence-corrected chi connectivity index (χ4v) is 16.2. The van der Waals surface area contributed by atoms with Crippen LogP contribution in [0.15, 0.2) is 306 Å². The summed E-state index contributed by atoms with van der Waals surface area (Å²) >= 11 is 0. The van der Waals surface area contributed by atoms with Crippen LogP contribution in [0.25, 0.3) is 0 Å². The van der Waals surface area contributed by atoms with Crippen LogP contribution in [0.2, 0.25) is 0 Å². The second-order valence-corrected chi connectivity index (χ2v) is 29.6. The molecule has 17 rings (SSSR count). The maximum atomic E-state index is 14.5. The minimum atomic E-state index is -4.15. The predicted octanol–water partition coefficient (Wildman–Crippen LogP) is 13.7. The molecule has 0 aromatic heterocycles. The maximum absolute atomic E-state index is 14.5. The van der Waals surface area contributed by atoms with Crippen molar-refractivity contribution in [2.45, 2.75) is 76.4 Å². The van der Waals surface area contributed by atoms with Crippen LogP contribution in [0.3, 0.4) is 0 Å². The predicted molar refractivity (Wildman–Crippen MR) is 335 cm³/mol. The Labute approximate surface area is 521 Å². The first kappa shape index (κ1) is 59.0. The van der Waals surface area contributed by atoms with E-state index in [2.05, 4.69) is 0 Å². The second kappa shape index (κ2) is 23.5. The highest BCUT2D eigenvalue weighted by atomic mass is 32.2. The van der Waals surface area contributed by atoms with Crippen LogP contribution in [0.4, 0.5) is 0 Å². The summed E-state index contributed by atoms with van der Waals surface area (Å²) in [5, 5.41) is 19.7. The van der Waals surface area contributed by atoms with Gasteiger partial charge in [-0.2, -0.15) is 0 Å². The third kappa shape index (κ3) is 11.8. The van der Waals surface area contributed by atoms with Crippen molar-refractivity contribution >= 4 is 39.3 Å². The summed E-state index contributed by atoms with van der Waals surface area (Å²) in [6.45, 7) is 0. The van der Waals surface area contributed by atoms with Gasteiger partial charge < -0.3 is 29.2 Å². The lowest BCUT2D eigenvalue weighted by Crippen LogP contribution is -2.42. The Morgan fingerprint density at radius 3 is 1.06 bits per heavy atom. The molecule has 11 aromatic rings. The standard InChI is InChI=1S/C72H54O14S4/c73-56-16-32-64(33-17-56)87(75,76)62-28-12-51(13-29-62)70-53-7-1-4-48(44-53)10-11-49-5-3-9-55(46-49)72(85-60-24-40-68(41-25-60)89(79,80)66-36-20-58(83-70)21-37-66)47-50-6-2-8-54(45-50)71(52-14-30-63(31-15-52)88(77,78)65-34-18-57(74)19-35-65)84-59-22-38-67(39-23-59)90(81,82)69-42-26-61(86-72)27-43-69/h1-9,12-46,70-71,73-74H,10-11,47H2. The minimum absolute atomic E-state index is 0.00459. The second-order valence-electron chi connectivity index (χ2n) is 21.8. The molecule has 6 heterocycles. The highest BCUT2D eigenvalue weighted by molar-refractivity contribution is 7.92. The Hall–Kier alpha value is -9.98. The number of phenolic OH excluding ortho intramolecular Hbond substituents is 2. The van der Waals surface area contributed by atoms with E-state index in [9.17, 15) is 43.9 Å². The van der Waals surface area contributed by atoms with E-state index in [1.54, 1.807) is 72.8 Å². The van der Waals surface area contributed by atoms with Gasteiger partial charge in [-0.25, -0.2) is 33.7 Å². The molecular weight excluding hydrogens is 1220 g/mol. The van der Waals surface area contributed by atoms with E-state index < -0.39 is 57.3 Å². The van der Waals surface area contributed by atoms with Crippen molar-refractivity contribution in [1.29, 1.82) is 0 Å². The van der Waals surface area contributed by atoms with E-state index in [1.165, 1.54) is 121 Å². The van der Waals surface area contributed by atoms with E-state index in [-0.39, 0.29) is 68.6 Å². The van der Waals surface area contributed by atoms with Gasteiger partial charge in [0.2, 0.25) is 39.3 Å². The summed E-state index contributed by atoms with van der Waals surface area (Å²) in [5.41, 5.74) is 5.62. The quantitative estimate of drug-likeness (QED) is 0.158. The highest BCUT2D eigenvalue weighted by Crippen LogP contribution is 2.41. The van der Waals surface area contributed by atoms with Gasteiger partial charge in [-0.3, -0.25) is 0 Å². The van der Waals surface area contributed by atoms with E-state index in [1.807, 2.05) is 72.8 Å². The number of benzene rings is 11. The Balaban J connectivity index is 0.921. The van der Waals surface area contributed by atoms with Crippen LogP contribution in [0.1, 0.15) is 56.7 Å². The zero-order valence-electron chi connectivity index (χ0n) is 47.6. The van der Waals surface area contributed by atoms with Crippen molar-refractivity contribution in [2.24, 2.45) is 0 Å². The maximum Gasteiger partial charge on any atom is 0.281 e. The first-order chi connectivity index (χ1) is 43.3. The molecule has 14 nitrogen and oxygen atoms in total. The number of fused-ring (bicyclic) bond motifs is 4. The van der Waals surface area contributed by atoms with Gasteiger partial charge in [0.05, 0.1) is 45.6 Å². The summed E-state index contributed by atoms with van der Waals surface area (Å²) < 4.78 is 140. The molecular formula is C72H54O14S4. The first-order valence-corrected chi connectivity index (χ1v) is 34.4. The highest BCUT2D eigenvalue weighted by Gasteiger charge is 2.40. The molecule has 0 aliphatic carbocycles. The molecule has 3 atom stereocenters. The van der Waals surface area contributed by atoms with Crippen LogP contribution >= 0.6 is 0 Å². The Morgan fingerprint density at radius 1 is 0.344 bits per heavy atom. The van der Waals surface area contributed by atoms with Gasteiger partial charge in [0, 0.05) is 5.56 Å². The first-order valence-electron chi connectivity index (χ1n) is 28.5. The largest absolute Gasteiger partial charge is 0.508 e. The monoisotopic (exact) mass is 1270 g/mol. The molecule has 2 N–H and O–H groups in total. The van der Waals surface area contributed by atoms with Crippen molar-refractivity contribution < 1.29 is 62.8 Å². The van der Waals surface area contributed by atoms with E-state index in [4.69, 9.17) is 18.9 Å². The number of aryl methyl sites for hydroxylation is 2. The SMILES string of the molecule is O=S1(=O)c2ccc(cc2)OC(c2ccc(S(=O)(=O)c3ccc(O)cc3)cc2)c2cccc(c2)CCc2cccc(c2)C2(Cc3cccc(c3)C(c3ccc(S(=O)(=O)c4ccc(O)cc4)cc3)Oc3ccc(cc3)S(=O)(=O)c3ccc(cc3)O2)Oc2ccc1cc2. The number of ether oxygens (including phenoxy) is 4. The van der Waals surface area contributed by atoms with Gasteiger partial charge in [-0.05, 0) is 228 Å². The number of rotatable bonds is 6. The Kier molecular flexibility index (Phi) is 15.4. The fourth-order valence-electron chi connectivity index (χ4n) is 11.1. The molecule has 6 aliphatic heterocycles. The zero-order valence-corrected chi connectivity index (χ0v) is 50.9. The lowest BCUT2D eigenvalue weighted by molar-refractivity contribution is -0.121. The van der Waals surface area contributed by atoms with E-state index in [0.717, 1.165) is 16.7 Å². The molecule has 18 heteroatoms. The third-order valence-electron chi connectivity index (χ3n) is 15.9. The summed E-state index contributed by atoms with van der Waals surface area (Å²) in [6, 6.07) is 70.6. The molecule has 14 bridgehead atoms. The van der Waals surface area contributed by atoms with Crippen LogP contribution in [0, 0.1) is 0 Å². The average molecular weight is 1270 g/mol. The number of hydrogen-bond acceptors (Lipinski definition) is 14. The Bertz CT molecular complexity index is 4950. The molecule has 0 saturated carbocycles. The van der Waals surface area contributed by atoms with Crippen molar-refractivity contribution in [1.82, 2.24) is 0 Å². The van der Waals surface area contributed by atoms with Gasteiger partial charge in [-0.15, -0.1) is 0 Å². The van der Waals surface area contributed by atoms with Gasteiger partial charge in [0.15, 0.2) is 0 Å². The number of hydrogen-bond donors (Lipinski definition) is 2. The third-order valence-corrected chi connectivity index (χ3v) is 23.0. The number of sulfone groups is 4. The molecule has 0 radical (unpaired) electrons. The summed E-state index contributed by atoms with van der Waals surface area (Å²) in [7, 11) is -16.2. The van der Waals surface area contributed by atoms with Crippen molar-refractivity contribution in [3.05, 3.63) is 311 Å². The molecule has 0 saturated heterocycles. The average Bonchev–Trinajstić information content (AvgIpc) is 1.12. The summed E-state index contributed by atoms with van der Waals surface area (Å²) in [6.07, 6.45) is -0.626. The van der Waals surface area contributed by atoms with Crippen molar-refractivity contribution in [2.75, 3.05) is 0 Å². The van der Waals surface area contributed by atoms with Crippen LogP contribution in [-0.2, 0) is 64.4 Å². The molecule has 0 fully saturated rings. The minimum Gasteiger partial charge on any atom is -0.508 e. The lowest BCUT2D eigenvalue weighted by atomic mass is 9.92. The molecule has 450 valence electrons. The van der Waals surface area contributed by atoms with Crippen molar-refractivity contribution in [3.8, 4) is 34.5 Å². The smallest absolute Gasteiger partial charge is 0.281 e. The van der Waals surface area contributed by atoms with Crippen LogP contribution < -0.4 is 18.9 Å². The van der Waals surface area contributed by atoms with Crippen LogP contribution in [-0.4, -0.2) is 43.9 Å². The molecule has 1 spiro atoms. The number of aromatic hydroxyl groups is 2. The van der Waals surface area contributed by atoms with Gasteiger partial charge >= 0.3 is 0 Å². The molecule has 0 amide bonds. The fraction of sp³-hybridized carbons (Fsp3) is 0.0833.